The maximum Gasteiger partial charge on any atom is 0.324 e. The molecule has 1 aliphatic heterocycles. The lowest BCUT2D eigenvalue weighted by Gasteiger charge is -2.28. The van der Waals surface area contributed by atoms with Crippen LogP contribution in [0.25, 0.3) is 0 Å². The molecule has 0 aromatic carbocycles. The number of carboxylic acid groups (broad SMARTS) is 1. The Kier molecular flexibility index (Phi) is 4.58. The van der Waals surface area contributed by atoms with Crippen LogP contribution in [0.3, 0.4) is 0 Å². The Hall–Kier alpha value is -1.28. The van der Waals surface area contributed by atoms with Gasteiger partial charge in [-0.25, -0.2) is 4.79 Å². The molecule has 3 amide bonds. The van der Waals surface area contributed by atoms with Crippen molar-refractivity contribution in [3.8, 4) is 0 Å². The molecule has 1 fully saturated rings. The number of nitrogens with one attached hydrogen (secondary N) is 1. The molecule has 1 aliphatic rings. The monoisotopic (exact) mass is 275 g/mol. The highest BCUT2D eigenvalue weighted by Crippen LogP contribution is 2.27. The largest absolute Gasteiger partial charge is 0.480 e. The van der Waals surface area contributed by atoms with Crippen LogP contribution in [-0.4, -0.2) is 57.5 Å². The smallest absolute Gasteiger partial charge is 0.324 e. The van der Waals surface area contributed by atoms with Gasteiger partial charge in [0.2, 0.25) is 5.91 Å². The Bertz CT molecular complexity index is 372. The molecule has 0 radical (unpaired) electrons. The van der Waals surface area contributed by atoms with Gasteiger partial charge in [-0.1, -0.05) is 0 Å². The van der Waals surface area contributed by atoms with E-state index in [4.69, 9.17) is 10.8 Å². The van der Waals surface area contributed by atoms with Crippen molar-refractivity contribution in [3.63, 3.8) is 0 Å². The van der Waals surface area contributed by atoms with Gasteiger partial charge in [-0.3, -0.25) is 14.5 Å². The molecule has 7 nitrogen and oxygen atoms in total. The molecular weight excluding hydrogens is 258 g/mol. The van der Waals surface area contributed by atoms with Crippen LogP contribution in [0.5, 0.6) is 0 Å². The minimum absolute atomic E-state index is 0.0292. The topological polar surface area (TPSA) is 113 Å². The number of carboxylic acids is 1. The van der Waals surface area contributed by atoms with Gasteiger partial charge in [0.1, 0.15) is 6.04 Å². The lowest BCUT2D eigenvalue weighted by molar-refractivity contribution is -0.139. The van der Waals surface area contributed by atoms with Gasteiger partial charge in [-0.15, -0.1) is 11.8 Å². The van der Waals surface area contributed by atoms with Crippen molar-refractivity contribution in [2.24, 2.45) is 5.73 Å². The zero-order chi connectivity index (χ0) is 13.9. The average Bonchev–Trinajstić information content (AvgIpc) is 2.71. The number of urea groups is 1. The summed E-state index contributed by atoms with van der Waals surface area (Å²) < 4.78 is -0.780. The zero-order valence-electron chi connectivity index (χ0n) is 10.3. The predicted octanol–water partition coefficient (Wildman–Crippen LogP) is -0.538. The molecule has 1 atom stereocenters. The van der Waals surface area contributed by atoms with E-state index >= 15 is 0 Å². The Labute approximate surface area is 109 Å². The number of aliphatic carboxylic acids is 1. The summed E-state index contributed by atoms with van der Waals surface area (Å²) in [7, 11) is 0. The van der Waals surface area contributed by atoms with E-state index in [0.717, 1.165) is 16.7 Å². The molecule has 8 heteroatoms. The van der Waals surface area contributed by atoms with E-state index in [-0.39, 0.29) is 11.7 Å². The van der Waals surface area contributed by atoms with Crippen molar-refractivity contribution in [2.75, 3.05) is 18.8 Å². The summed E-state index contributed by atoms with van der Waals surface area (Å²) in [6.07, 6.45) is 0. The van der Waals surface area contributed by atoms with Crippen LogP contribution in [0.1, 0.15) is 13.8 Å². The molecule has 1 saturated heterocycles. The van der Waals surface area contributed by atoms with Gasteiger partial charge in [-0.05, 0) is 13.8 Å². The maximum atomic E-state index is 11.8. The molecule has 18 heavy (non-hydrogen) atoms. The fourth-order valence-corrected chi connectivity index (χ4v) is 2.35. The van der Waals surface area contributed by atoms with Crippen molar-refractivity contribution in [1.29, 1.82) is 0 Å². The van der Waals surface area contributed by atoms with Crippen LogP contribution < -0.4 is 11.1 Å². The molecule has 0 aromatic heterocycles. The molecule has 1 heterocycles. The lowest BCUT2D eigenvalue weighted by atomic mass is 10.1. The van der Waals surface area contributed by atoms with Crippen LogP contribution in [0.2, 0.25) is 0 Å². The van der Waals surface area contributed by atoms with Crippen LogP contribution >= 0.6 is 11.8 Å². The van der Waals surface area contributed by atoms with Crippen LogP contribution in [0, 0.1) is 0 Å². The van der Waals surface area contributed by atoms with Crippen molar-refractivity contribution in [3.05, 3.63) is 0 Å². The van der Waals surface area contributed by atoms with Crippen molar-refractivity contribution in [2.45, 2.75) is 24.6 Å². The van der Waals surface area contributed by atoms with Gasteiger partial charge in [-0.2, -0.15) is 0 Å². The summed E-state index contributed by atoms with van der Waals surface area (Å²) in [5.41, 5.74) is 5.54. The first-order chi connectivity index (χ1) is 8.25. The Morgan fingerprint density at radius 3 is 2.67 bits per heavy atom. The summed E-state index contributed by atoms with van der Waals surface area (Å²) >= 11 is 1.14. The quantitative estimate of drug-likeness (QED) is 0.621. The number of carbonyl (C=O) groups excluding carboxylic acids is 2. The van der Waals surface area contributed by atoms with E-state index in [2.05, 4.69) is 5.32 Å². The van der Waals surface area contributed by atoms with E-state index in [9.17, 15) is 14.4 Å². The molecule has 0 aromatic rings. The lowest BCUT2D eigenvalue weighted by Crippen LogP contribution is -2.47. The third kappa shape index (κ3) is 3.36. The van der Waals surface area contributed by atoms with Crippen LogP contribution in [-0.2, 0) is 9.59 Å². The second kappa shape index (κ2) is 5.57. The van der Waals surface area contributed by atoms with Crippen LogP contribution in [0.4, 0.5) is 4.79 Å². The molecule has 4 N–H and O–H groups in total. The van der Waals surface area contributed by atoms with Gasteiger partial charge in [0, 0.05) is 17.8 Å². The van der Waals surface area contributed by atoms with E-state index in [0.29, 0.717) is 13.1 Å². The van der Waals surface area contributed by atoms with E-state index in [1.54, 1.807) is 13.8 Å². The first kappa shape index (κ1) is 14.8. The molecule has 0 bridgehead atoms. The summed E-state index contributed by atoms with van der Waals surface area (Å²) in [5, 5.41) is 11.4. The first-order valence-electron chi connectivity index (χ1n) is 5.46. The number of imide groups is 1. The minimum Gasteiger partial charge on any atom is -0.480 e. The second-order valence-corrected chi connectivity index (χ2v) is 6.11. The summed E-state index contributed by atoms with van der Waals surface area (Å²) in [5.74, 6) is -1.42. The number of amides is 3. The molecule has 0 spiro atoms. The third-order valence-corrected chi connectivity index (χ3v) is 4.13. The van der Waals surface area contributed by atoms with Gasteiger partial charge in [0.25, 0.3) is 0 Å². The highest BCUT2D eigenvalue weighted by molar-refractivity contribution is 8.01. The summed E-state index contributed by atoms with van der Waals surface area (Å²) in [4.78, 5) is 34.9. The van der Waals surface area contributed by atoms with E-state index in [1.807, 2.05) is 0 Å². The number of hydrogen-bond acceptors (Lipinski definition) is 5. The fraction of sp³-hybridized carbons (Fsp3) is 0.700. The number of nitrogens with zero attached hydrogens (tertiary/aromatic N) is 1. The third-order valence-electron chi connectivity index (χ3n) is 2.74. The standard InChI is InChI=1S/C10H17N3O4S/c1-10(2,7(11)8(15)16)18-5-6(14)13-4-3-12-9(13)17/h7H,3-5,11H2,1-2H3,(H,12,17)(H,15,16)/t7-/m0/s1. The normalized spacial score (nSPS) is 17.5. The number of carbonyl (C=O) groups is 3. The number of nitrogens with two attached hydrogens (primary N) is 1. The Balaban J connectivity index is 2.51. The maximum absolute atomic E-state index is 11.8. The molecule has 102 valence electrons. The molecule has 0 unspecified atom stereocenters. The van der Waals surface area contributed by atoms with E-state index < -0.39 is 22.8 Å². The number of thioether (sulfide) groups is 1. The minimum atomic E-state index is -1.11. The summed E-state index contributed by atoms with van der Waals surface area (Å²) in [6.45, 7) is 4.12. The van der Waals surface area contributed by atoms with Crippen molar-refractivity contribution in [1.82, 2.24) is 10.2 Å². The highest BCUT2D eigenvalue weighted by Gasteiger charge is 2.34. The molecule has 1 rings (SSSR count). The van der Waals surface area contributed by atoms with Gasteiger partial charge >= 0.3 is 12.0 Å². The number of hydrogen-bond donors (Lipinski definition) is 3. The number of rotatable bonds is 5. The average molecular weight is 275 g/mol. The first-order valence-corrected chi connectivity index (χ1v) is 6.45. The molecule has 0 saturated carbocycles. The van der Waals surface area contributed by atoms with Gasteiger partial charge in [0.15, 0.2) is 0 Å². The zero-order valence-corrected chi connectivity index (χ0v) is 11.1. The summed E-state index contributed by atoms with van der Waals surface area (Å²) in [6, 6.07) is -1.47. The van der Waals surface area contributed by atoms with Crippen molar-refractivity contribution < 1.29 is 19.5 Å². The van der Waals surface area contributed by atoms with E-state index in [1.165, 1.54) is 0 Å². The Morgan fingerprint density at radius 1 is 1.61 bits per heavy atom. The highest BCUT2D eigenvalue weighted by atomic mass is 32.2. The SMILES string of the molecule is CC(C)(SCC(=O)N1CCNC1=O)[C@@H](N)C(=O)O. The van der Waals surface area contributed by atoms with Gasteiger partial charge < -0.3 is 16.2 Å². The van der Waals surface area contributed by atoms with Gasteiger partial charge in [0.05, 0.1) is 5.75 Å². The van der Waals surface area contributed by atoms with Crippen molar-refractivity contribution >= 4 is 29.7 Å². The van der Waals surface area contributed by atoms with Crippen LogP contribution in [0.15, 0.2) is 0 Å². The predicted molar refractivity (Wildman–Crippen MR) is 67.3 cm³/mol. The molecule has 0 aliphatic carbocycles. The second-order valence-electron chi connectivity index (χ2n) is 4.49. The molecular formula is C10H17N3O4S. The fourth-order valence-electron chi connectivity index (χ4n) is 1.42. The Morgan fingerprint density at radius 2 is 2.22 bits per heavy atom.